The third kappa shape index (κ3) is 3.65. The van der Waals surface area contributed by atoms with E-state index in [1.165, 1.54) is 31.4 Å². The molecule has 1 aromatic carbocycles. The number of hydrogen-bond donors (Lipinski definition) is 1. The van der Waals surface area contributed by atoms with Crippen LogP contribution in [0, 0.1) is 35.5 Å². The maximum absolute atomic E-state index is 12.9. The Morgan fingerprint density at radius 1 is 1.06 bits per heavy atom. The monoisotopic (exact) mass is 485 g/mol. The van der Waals surface area contributed by atoms with E-state index in [1.54, 1.807) is 12.7 Å². The lowest BCUT2D eigenvalue weighted by atomic mass is 9.47. The number of hydrogen-bond acceptors (Lipinski definition) is 3. The topological polar surface area (TPSA) is 56.1 Å². The van der Waals surface area contributed by atoms with Gasteiger partial charge >= 0.3 is 0 Å². The molecule has 0 aliphatic heterocycles. The Balaban J connectivity index is 1.17. The number of allylic oxidation sites excluding steroid dienone is 3. The minimum Gasteiger partial charge on any atom is -0.497 e. The molecular formula is C31H39N3O2. The highest BCUT2D eigenvalue weighted by Crippen LogP contribution is 2.65. The number of aromatic nitrogens is 2. The highest BCUT2D eigenvalue weighted by molar-refractivity contribution is 5.94. The first-order chi connectivity index (χ1) is 17.3. The molecule has 2 saturated carbocycles. The smallest absolute Gasteiger partial charge is 0.251 e. The average molecular weight is 486 g/mol. The zero-order valence-electron chi connectivity index (χ0n) is 22.1. The number of fused-ring (bicyclic) bond motifs is 5. The molecule has 0 spiro atoms. The Bertz CT molecular complexity index is 1220. The van der Waals surface area contributed by atoms with Crippen LogP contribution in [0.25, 0.3) is 5.70 Å². The van der Waals surface area contributed by atoms with Crippen LogP contribution in [0.5, 0.6) is 5.75 Å². The summed E-state index contributed by atoms with van der Waals surface area (Å²) >= 11 is 0. The molecule has 1 amide bonds. The van der Waals surface area contributed by atoms with Gasteiger partial charge in [-0.25, -0.2) is 4.98 Å². The third-order valence-electron chi connectivity index (χ3n) is 10.3. The van der Waals surface area contributed by atoms with E-state index in [4.69, 9.17) is 4.74 Å². The summed E-state index contributed by atoms with van der Waals surface area (Å²) in [5.41, 5.74) is 5.35. The number of benzene rings is 1. The summed E-state index contributed by atoms with van der Waals surface area (Å²) in [6.07, 6.45) is 17.4. The average Bonchev–Trinajstić information content (AvgIpc) is 3.46. The number of carbonyl (C=O) groups excluding carboxylic acids is 1. The van der Waals surface area contributed by atoms with Crippen molar-refractivity contribution in [2.45, 2.75) is 71.8 Å². The first-order valence-electron chi connectivity index (χ1n) is 13.7. The third-order valence-corrected chi connectivity index (χ3v) is 10.3. The largest absolute Gasteiger partial charge is 0.497 e. The maximum atomic E-state index is 12.9. The van der Waals surface area contributed by atoms with Gasteiger partial charge in [0.25, 0.3) is 5.91 Å². The van der Waals surface area contributed by atoms with Gasteiger partial charge in [-0.05, 0) is 99.3 Å². The molecule has 2 aromatic rings. The van der Waals surface area contributed by atoms with Gasteiger partial charge in [0.1, 0.15) is 5.75 Å². The number of rotatable bonds is 4. The number of nitrogens with zero attached hydrogens (tertiary/aromatic N) is 2. The van der Waals surface area contributed by atoms with Crippen LogP contribution in [0.1, 0.15) is 74.8 Å². The molecule has 3 unspecified atom stereocenters. The van der Waals surface area contributed by atoms with Gasteiger partial charge in [0, 0.05) is 28.9 Å². The number of amides is 1. The van der Waals surface area contributed by atoms with Gasteiger partial charge in [0.05, 0.1) is 19.1 Å². The first-order valence-corrected chi connectivity index (χ1v) is 13.7. The van der Waals surface area contributed by atoms with Crippen molar-refractivity contribution < 1.29 is 9.53 Å². The van der Waals surface area contributed by atoms with E-state index in [2.05, 4.69) is 54.0 Å². The van der Waals surface area contributed by atoms with E-state index >= 15 is 0 Å². The lowest BCUT2D eigenvalue weighted by Gasteiger charge is -2.58. The Morgan fingerprint density at radius 3 is 2.56 bits per heavy atom. The van der Waals surface area contributed by atoms with E-state index in [0.29, 0.717) is 11.5 Å². The van der Waals surface area contributed by atoms with E-state index in [0.717, 1.165) is 42.5 Å². The minimum atomic E-state index is 0.0215. The fraction of sp³-hybridized carbons (Fsp3) is 0.548. The predicted octanol–water partition coefficient (Wildman–Crippen LogP) is 6.41. The predicted molar refractivity (Wildman–Crippen MR) is 143 cm³/mol. The van der Waals surface area contributed by atoms with Crippen molar-refractivity contribution >= 4 is 11.6 Å². The lowest BCUT2D eigenvalue weighted by molar-refractivity contribution is -0.0137. The van der Waals surface area contributed by atoms with E-state index < -0.39 is 0 Å². The number of imidazole rings is 1. The van der Waals surface area contributed by atoms with Gasteiger partial charge in [0.2, 0.25) is 0 Å². The molecule has 0 saturated heterocycles. The summed E-state index contributed by atoms with van der Waals surface area (Å²) < 4.78 is 7.52. The van der Waals surface area contributed by atoms with Crippen molar-refractivity contribution in [2.75, 3.05) is 7.11 Å². The molecule has 1 aromatic heterocycles. The van der Waals surface area contributed by atoms with Crippen molar-refractivity contribution in [3.05, 3.63) is 65.8 Å². The standard InChI is InChI=1S/C31H39N3O2/c1-20-18-34(19-32-20)28-12-11-26-25-10-7-22-17-23(33-29(35)21-5-8-24(36-4)9-6-21)13-15-30(22,2)27(25)14-16-31(26,28)3/h5-9,12,18-19,23,25-27H,10-11,13-17H2,1-4H3,(H,33,35)/t23-,25?,26?,27?,30-,31-/m0/s1. The SMILES string of the molecule is COc1ccc(C(=O)N[C@H]2CC[C@@]3(C)C(=CCC4C3CC[C@]3(C)C(n5cnc(C)c5)=CCC43)C2)cc1. The van der Waals surface area contributed by atoms with Crippen molar-refractivity contribution in [1.82, 2.24) is 14.9 Å². The Kier molecular flexibility index (Phi) is 5.66. The van der Waals surface area contributed by atoms with Crippen molar-refractivity contribution in [3.8, 4) is 5.75 Å². The summed E-state index contributed by atoms with van der Waals surface area (Å²) in [7, 11) is 1.64. The zero-order valence-corrected chi connectivity index (χ0v) is 22.1. The van der Waals surface area contributed by atoms with Crippen LogP contribution in [-0.4, -0.2) is 28.6 Å². The highest BCUT2D eigenvalue weighted by Gasteiger charge is 2.57. The number of nitrogens with one attached hydrogen (secondary N) is 1. The summed E-state index contributed by atoms with van der Waals surface area (Å²) in [6.45, 7) is 7.12. The maximum Gasteiger partial charge on any atom is 0.251 e. The second kappa shape index (κ2) is 8.64. The highest BCUT2D eigenvalue weighted by atomic mass is 16.5. The van der Waals surface area contributed by atoms with Gasteiger partial charge in [-0.15, -0.1) is 0 Å². The van der Waals surface area contributed by atoms with Crippen LogP contribution < -0.4 is 10.1 Å². The van der Waals surface area contributed by atoms with Crippen LogP contribution in [0.2, 0.25) is 0 Å². The molecule has 36 heavy (non-hydrogen) atoms. The minimum absolute atomic E-state index is 0.0215. The molecule has 5 nitrogen and oxygen atoms in total. The van der Waals surface area contributed by atoms with Gasteiger partial charge in [-0.3, -0.25) is 4.79 Å². The normalized spacial score (nSPS) is 35.1. The van der Waals surface area contributed by atoms with Gasteiger partial charge in [0.15, 0.2) is 0 Å². The number of ether oxygens (including phenoxy) is 1. The van der Waals surface area contributed by atoms with Gasteiger partial charge < -0.3 is 14.6 Å². The Hall–Kier alpha value is -2.82. The lowest BCUT2D eigenvalue weighted by Crippen LogP contribution is -2.51. The molecule has 1 heterocycles. The van der Waals surface area contributed by atoms with Crippen LogP contribution >= 0.6 is 0 Å². The summed E-state index contributed by atoms with van der Waals surface area (Å²) in [5, 5.41) is 3.33. The van der Waals surface area contributed by atoms with Crippen LogP contribution in [0.15, 0.2) is 54.5 Å². The molecule has 190 valence electrons. The van der Waals surface area contributed by atoms with Crippen molar-refractivity contribution in [3.63, 3.8) is 0 Å². The zero-order chi connectivity index (χ0) is 25.1. The van der Waals surface area contributed by atoms with Crippen molar-refractivity contribution in [2.24, 2.45) is 28.6 Å². The van der Waals surface area contributed by atoms with Gasteiger partial charge in [-0.2, -0.15) is 0 Å². The second-order valence-electron chi connectivity index (χ2n) is 12.1. The van der Waals surface area contributed by atoms with Crippen LogP contribution in [0.4, 0.5) is 0 Å². The molecule has 5 heteroatoms. The first kappa shape index (κ1) is 23.6. The van der Waals surface area contributed by atoms with E-state index in [1.807, 2.05) is 30.6 Å². The molecule has 6 rings (SSSR count). The number of aryl methyl sites for hydroxylation is 1. The van der Waals surface area contributed by atoms with Crippen LogP contribution in [-0.2, 0) is 0 Å². The second-order valence-corrected chi connectivity index (χ2v) is 12.1. The molecule has 6 atom stereocenters. The molecular weight excluding hydrogens is 446 g/mol. The molecule has 1 N–H and O–H groups in total. The number of carbonyl (C=O) groups is 1. The molecule has 0 radical (unpaired) electrons. The van der Waals surface area contributed by atoms with Crippen LogP contribution in [0.3, 0.4) is 0 Å². The Labute approximate surface area is 215 Å². The van der Waals surface area contributed by atoms with E-state index in [9.17, 15) is 4.79 Å². The Morgan fingerprint density at radius 2 is 1.83 bits per heavy atom. The fourth-order valence-electron chi connectivity index (χ4n) is 8.29. The fourth-order valence-corrected chi connectivity index (χ4v) is 8.29. The summed E-state index contributed by atoms with van der Waals surface area (Å²) in [6, 6.07) is 7.61. The summed E-state index contributed by atoms with van der Waals surface area (Å²) in [5.74, 6) is 2.98. The summed E-state index contributed by atoms with van der Waals surface area (Å²) in [4.78, 5) is 17.4. The molecule has 4 aliphatic rings. The molecule has 4 aliphatic carbocycles. The van der Waals surface area contributed by atoms with Gasteiger partial charge in [-0.1, -0.05) is 31.6 Å². The quantitative estimate of drug-likeness (QED) is 0.509. The molecule has 0 bridgehead atoms. The van der Waals surface area contributed by atoms with Crippen molar-refractivity contribution in [1.29, 1.82) is 0 Å². The van der Waals surface area contributed by atoms with E-state index in [-0.39, 0.29) is 22.8 Å². The number of methoxy groups -OCH3 is 1. The molecule has 2 fully saturated rings.